The molecule has 0 spiro atoms. The first-order valence-electron chi connectivity index (χ1n) is 10.0. The minimum atomic E-state index is -0.134. The normalized spacial score (nSPS) is 15.2. The van der Waals surface area contributed by atoms with Gasteiger partial charge in [0.2, 0.25) is 0 Å². The first-order valence-corrected chi connectivity index (χ1v) is 11.0. The Bertz CT molecular complexity index is 936. The summed E-state index contributed by atoms with van der Waals surface area (Å²) < 4.78 is 10.5. The summed E-state index contributed by atoms with van der Waals surface area (Å²) in [5, 5.41) is 0.675. The van der Waals surface area contributed by atoms with Crippen LogP contribution >= 0.6 is 11.8 Å². The lowest BCUT2D eigenvalue weighted by molar-refractivity contribution is -0.113. The van der Waals surface area contributed by atoms with Crippen LogP contribution in [-0.2, 0) is 9.53 Å². The Balaban J connectivity index is 1.90. The highest BCUT2D eigenvalue weighted by Gasteiger charge is 2.32. The monoisotopic (exact) mass is 424 g/mol. The molecule has 0 fully saturated rings. The van der Waals surface area contributed by atoms with Crippen LogP contribution in [-0.4, -0.2) is 37.7 Å². The maximum atomic E-state index is 13.2. The fourth-order valence-electron chi connectivity index (χ4n) is 3.07. The molecular weight excluding hydrogens is 396 g/mol. The second-order valence-electron chi connectivity index (χ2n) is 7.28. The number of amides is 1. The Labute approximate surface area is 182 Å². The van der Waals surface area contributed by atoms with E-state index in [-0.39, 0.29) is 5.91 Å². The van der Waals surface area contributed by atoms with Gasteiger partial charge in [0.1, 0.15) is 11.4 Å². The van der Waals surface area contributed by atoms with Crippen LogP contribution < -0.4 is 9.64 Å². The van der Waals surface area contributed by atoms with Gasteiger partial charge in [-0.05, 0) is 41.7 Å². The molecule has 2 aromatic carbocycles. The molecule has 3 rings (SSSR count). The van der Waals surface area contributed by atoms with Crippen LogP contribution in [0.2, 0.25) is 0 Å². The molecule has 5 nitrogen and oxygen atoms in total. The molecule has 1 amide bonds. The molecule has 0 atom stereocenters. The van der Waals surface area contributed by atoms with Gasteiger partial charge in [-0.1, -0.05) is 55.9 Å². The number of aliphatic imine (C=N–C) groups is 1. The van der Waals surface area contributed by atoms with E-state index in [0.29, 0.717) is 29.1 Å². The van der Waals surface area contributed by atoms with Gasteiger partial charge < -0.3 is 9.47 Å². The van der Waals surface area contributed by atoms with Crippen LogP contribution in [0.1, 0.15) is 37.3 Å². The van der Waals surface area contributed by atoms with Crippen LogP contribution in [0.5, 0.6) is 5.75 Å². The Morgan fingerprint density at radius 1 is 1.13 bits per heavy atom. The number of hydrogen-bond acceptors (Lipinski definition) is 5. The molecule has 30 heavy (non-hydrogen) atoms. The number of amidine groups is 1. The van der Waals surface area contributed by atoms with Crippen molar-refractivity contribution in [2.75, 3.05) is 31.5 Å². The minimum Gasteiger partial charge on any atom is -0.497 e. The quantitative estimate of drug-likeness (QED) is 0.424. The van der Waals surface area contributed by atoms with Crippen molar-refractivity contribution in [3.63, 3.8) is 0 Å². The number of nitrogens with zero attached hydrogens (tertiary/aromatic N) is 2. The van der Waals surface area contributed by atoms with E-state index in [1.54, 1.807) is 30.9 Å². The summed E-state index contributed by atoms with van der Waals surface area (Å²) >= 11 is 1.56. The van der Waals surface area contributed by atoms with Crippen LogP contribution in [0.25, 0.3) is 6.08 Å². The number of rotatable bonds is 8. The number of carbonyl (C=O) groups excluding carboxylic acids is 1. The Hall–Kier alpha value is -2.57. The van der Waals surface area contributed by atoms with E-state index in [4.69, 9.17) is 9.47 Å². The summed E-state index contributed by atoms with van der Waals surface area (Å²) in [5.74, 6) is 1.85. The van der Waals surface area contributed by atoms with Crippen molar-refractivity contribution >= 4 is 34.6 Å². The van der Waals surface area contributed by atoms with Gasteiger partial charge in [-0.25, -0.2) is 4.99 Å². The second kappa shape index (κ2) is 10.5. The lowest BCUT2D eigenvalue weighted by Gasteiger charge is -2.18. The van der Waals surface area contributed by atoms with Crippen molar-refractivity contribution in [2.24, 2.45) is 4.99 Å². The highest BCUT2D eigenvalue weighted by Crippen LogP contribution is 2.31. The molecule has 6 heteroatoms. The number of carbonyl (C=O) groups is 1. The Morgan fingerprint density at radius 3 is 2.57 bits per heavy atom. The van der Waals surface area contributed by atoms with Crippen molar-refractivity contribution < 1.29 is 14.3 Å². The van der Waals surface area contributed by atoms with E-state index >= 15 is 0 Å². The summed E-state index contributed by atoms with van der Waals surface area (Å²) in [5.41, 5.74) is 3.41. The molecule has 0 N–H and O–H groups in total. The van der Waals surface area contributed by atoms with Crippen LogP contribution in [0.3, 0.4) is 0 Å². The zero-order valence-electron chi connectivity index (χ0n) is 17.9. The lowest BCUT2D eigenvalue weighted by atomic mass is 10.0. The van der Waals surface area contributed by atoms with E-state index in [2.05, 4.69) is 31.0 Å². The van der Waals surface area contributed by atoms with E-state index in [1.165, 1.54) is 5.56 Å². The van der Waals surface area contributed by atoms with Crippen LogP contribution in [0.4, 0.5) is 5.69 Å². The Kier molecular flexibility index (Phi) is 7.71. The maximum absolute atomic E-state index is 13.2. The second-order valence-corrected chi connectivity index (χ2v) is 8.34. The smallest absolute Gasteiger partial charge is 0.283 e. The van der Waals surface area contributed by atoms with Crippen molar-refractivity contribution in [1.82, 2.24) is 0 Å². The summed E-state index contributed by atoms with van der Waals surface area (Å²) in [4.78, 5) is 19.6. The lowest BCUT2D eigenvalue weighted by Crippen LogP contribution is -2.30. The van der Waals surface area contributed by atoms with Crippen LogP contribution in [0.15, 0.2) is 59.2 Å². The van der Waals surface area contributed by atoms with Crippen molar-refractivity contribution in [1.29, 1.82) is 0 Å². The zero-order chi connectivity index (χ0) is 21.5. The third-order valence-electron chi connectivity index (χ3n) is 4.77. The predicted octanol–water partition coefficient (Wildman–Crippen LogP) is 5.33. The fraction of sp³-hybridized carbons (Fsp3) is 0.333. The van der Waals surface area contributed by atoms with Crippen molar-refractivity contribution in [3.05, 3.63) is 65.4 Å². The van der Waals surface area contributed by atoms with E-state index in [1.807, 2.05) is 42.5 Å². The van der Waals surface area contributed by atoms with Gasteiger partial charge >= 0.3 is 0 Å². The summed E-state index contributed by atoms with van der Waals surface area (Å²) in [6.07, 6.45) is 2.73. The molecule has 158 valence electrons. The van der Waals surface area contributed by atoms with E-state index in [0.717, 1.165) is 23.4 Å². The highest BCUT2D eigenvalue weighted by molar-refractivity contribution is 8.14. The van der Waals surface area contributed by atoms with Crippen molar-refractivity contribution in [2.45, 2.75) is 26.2 Å². The molecule has 0 bridgehead atoms. The van der Waals surface area contributed by atoms with E-state index < -0.39 is 0 Å². The van der Waals surface area contributed by atoms with Gasteiger partial charge in [0.25, 0.3) is 5.91 Å². The largest absolute Gasteiger partial charge is 0.497 e. The number of anilines is 1. The average molecular weight is 425 g/mol. The molecule has 0 aromatic heterocycles. The van der Waals surface area contributed by atoms with Crippen molar-refractivity contribution in [3.8, 4) is 5.75 Å². The molecule has 0 aliphatic carbocycles. The SMILES string of the molecule is COCCCSC1=N/C(=C\c2ccc(C(C)C)cc2)C(=O)N1c1cccc(OC)c1. The number of hydrogen-bond donors (Lipinski definition) is 0. The van der Waals surface area contributed by atoms with Gasteiger partial charge in [-0.15, -0.1) is 0 Å². The van der Waals surface area contributed by atoms with Gasteiger partial charge in [-0.2, -0.15) is 0 Å². The number of benzene rings is 2. The van der Waals surface area contributed by atoms with Gasteiger partial charge in [0, 0.05) is 25.5 Å². The van der Waals surface area contributed by atoms with Crippen LogP contribution in [0, 0.1) is 0 Å². The molecule has 0 radical (unpaired) electrons. The third kappa shape index (κ3) is 5.32. The first-order chi connectivity index (χ1) is 14.5. The zero-order valence-corrected chi connectivity index (χ0v) is 18.7. The number of thioether (sulfide) groups is 1. The number of ether oxygens (including phenoxy) is 2. The topological polar surface area (TPSA) is 51.1 Å². The minimum absolute atomic E-state index is 0.134. The Morgan fingerprint density at radius 2 is 1.90 bits per heavy atom. The predicted molar refractivity (Wildman–Crippen MR) is 125 cm³/mol. The molecule has 0 unspecified atom stereocenters. The molecule has 2 aromatic rings. The summed E-state index contributed by atoms with van der Waals surface area (Å²) in [6.45, 7) is 5.01. The summed E-state index contributed by atoms with van der Waals surface area (Å²) in [6, 6.07) is 15.7. The molecule has 1 heterocycles. The third-order valence-corrected chi connectivity index (χ3v) is 5.80. The maximum Gasteiger partial charge on any atom is 0.283 e. The first kappa shape index (κ1) is 22.1. The molecule has 0 saturated carbocycles. The molecule has 1 aliphatic rings. The number of methoxy groups -OCH3 is 2. The summed E-state index contributed by atoms with van der Waals surface area (Å²) in [7, 11) is 3.31. The van der Waals surface area contributed by atoms with Gasteiger partial charge in [-0.3, -0.25) is 9.69 Å². The van der Waals surface area contributed by atoms with Gasteiger partial charge in [0.15, 0.2) is 5.17 Å². The molecule has 1 aliphatic heterocycles. The molecule has 0 saturated heterocycles. The standard InChI is InChI=1S/C24H28N2O3S/c1-17(2)19-11-9-18(10-12-19)15-22-23(27)26(20-7-5-8-21(16-20)29-4)24(25-22)30-14-6-13-28-3/h5,7-12,15-17H,6,13-14H2,1-4H3/b22-15-. The molecular formula is C24H28N2O3S. The van der Waals surface area contributed by atoms with E-state index in [9.17, 15) is 4.79 Å². The average Bonchev–Trinajstić information content (AvgIpc) is 3.06. The van der Waals surface area contributed by atoms with Gasteiger partial charge in [0.05, 0.1) is 12.8 Å². The highest BCUT2D eigenvalue weighted by atomic mass is 32.2. The fourth-order valence-corrected chi connectivity index (χ4v) is 4.00.